The molecule has 0 saturated carbocycles. The molecule has 0 atom stereocenters. The van der Waals surface area contributed by atoms with Crippen molar-refractivity contribution >= 4 is 22.7 Å². The van der Waals surface area contributed by atoms with Crippen LogP contribution in [0, 0.1) is 40.5 Å². The van der Waals surface area contributed by atoms with E-state index in [1.807, 2.05) is 0 Å². The molecule has 0 aliphatic carbocycles. The Hall–Kier alpha value is -5.01. The molecule has 0 aliphatic rings. The molecule has 0 bridgehead atoms. The van der Waals surface area contributed by atoms with Crippen LogP contribution in [-0.2, 0) is 0 Å². The molecule has 0 fully saturated rings. The number of hydrogen-bond donors (Lipinski definition) is 1. The molecule has 14 heteroatoms. The molecular weight excluding hydrogens is 418 g/mol. The third-order valence-corrected chi connectivity index (χ3v) is 3.73. The molecule has 1 N–H and O–H groups in total. The number of nitro benzene ring substituents is 4. The number of aromatic hydroxyl groups is 1. The van der Waals surface area contributed by atoms with Crippen molar-refractivity contribution in [3.8, 4) is 16.9 Å². The van der Waals surface area contributed by atoms with Crippen molar-refractivity contribution in [1.82, 2.24) is 4.98 Å². The first-order valence-electron chi connectivity index (χ1n) is 8.07. The van der Waals surface area contributed by atoms with Crippen LogP contribution in [0.25, 0.3) is 11.1 Å². The summed E-state index contributed by atoms with van der Waals surface area (Å²) < 4.78 is 0. The van der Waals surface area contributed by atoms with E-state index in [2.05, 4.69) is 4.98 Å². The number of rotatable bonds is 5. The van der Waals surface area contributed by atoms with Crippen LogP contribution in [-0.4, -0.2) is 29.8 Å². The molecule has 0 saturated heterocycles. The number of nitro groups is 4. The van der Waals surface area contributed by atoms with Gasteiger partial charge in [0.15, 0.2) is 0 Å². The highest BCUT2D eigenvalue weighted by atomic mass is 16.6. The zero-order valence-corrected chi connectivity index (χ0v) is 15.2. The van der Waals surface area contributed by atoms with Crippen LogP contribution >= 0.6 is 0 Å². The van der Waals surface area contributed by atoms with Gasteiger partial charge in [-0.15, -0.1) is 0 Å². The Morgan fingerprint density at radius 3 is 1.71 bits per heavy atom. The van der Waals surface area contributed by atoms with Gasteiger partial charge in [0.2, 0.25) is 0 Å². The maximum Gasteiger partial charge on any atom is 0.324 e. The quantitative estimate of drug-likeness (QED) is 0.458. The molecule has 3 aromatic rings. The molecule has 0 spiro atoms. The summed E-state index contributed by atoms with van der Waals surface area (Å²) in [5.41, 5.74) is -1.55. The fourth-order valence-corrected chi connectivity index (χ4v) is 2.37. The maximum atomic E-state index is 10.8. The van der Waals surface area contributed by atoms with Crippen molar-refractivity contribution in [3.63, 3.8) is 0 Å². The first-order chi connectivity index (χ1) is 14.6. The normalized spacial score (nSPS) is 9.81. The molecule has 14 nitrogen and oxygen atoms in total. The third kappa shape index (κ3) is 5.29. The second-order valence-electron chi connectivity index (χ2n) is 5.62. The van der Waals surface area contributed by atoms with Crippen LogP contribution < -0.4 is 0 Å². The van der Waals surface area contributed by atoms with E-state index in [4.69, 9.17) is 5.11 Å². The predicted octanol–water partition coefficient (Wildman–Crippen LogP) is 3.77. The third-order valence-electron chi connectivity index (χ3n) is 3.73. The van der Waals surface area contributed by atoms with Crippen LogP contribution in [0.15, 0.2) is 60.9 Å². The first-order valence-corrected chi connectivity index (χ1v) is 8.07. The zero-order valence-electron chi connectivity index (χ0n) is 15.2. The number of phenolic OH excluding ortho intramolecular Hbond substituents is 1. The van der Waals surface area contributed by atoms with Gasteiger partial charge in [0.1, 0.15) is 0 Å². The number of pyridine rings is 1. The van der Waals surface area contributed by atoms with Gasteiger partial charge in [0.25, 0.3) is 17.1 Å². The minimum absolute atomic E-state index is 0.102. The highest BCUT2D eigenvalue weighted by Crippen LogP contribution is 2.39. The summed E-state index contributed by atoms with van der Waals surface area (Å²) in [6.07, 6.45) is 3.25. The molecule has 0 amide bonds. The Morgan fingerprint density at radius 2 is 1.26 bits per heavy atom. The number of para-hydroxylation sites is 1. The highest BCUT2D eigenvalue weighted by molar-refractivity contribution is 5.72. The van der Waals surface area contributed by atoms with Gasteiger partial charge in [-0.1, -0.05) is 18.2 Å². The van der Waals surface area contributed by atoms with Crippen LogP contribution in [0.2, 0.25) is 0 Å². The fraction of sp³-hybridized carbons (Fsp3) is 0. The van der Waals surface area contributed by atoms with Crippen LogP contribution in [0.1, 0.15) is 0 Å². The number of non-ortho nitro benzene ring substituents is 1. The lowest BCUT2D eigenvalue weighted by molar-refractivity contribution is -0.404. The summed E-state index contributed by atoms with van der Waals surface area (Å²) >= 11 is 0. The van der Waals surface area contributed by atoms with Gasteiger partial charge in [-0.25, -0.2) is 0 Å². The minimum atomic E-state index is -1.21. The Labute approximate surface area is 171 Å². The molecule has 3 rings (SSSR count). The molecule has 0 aliphatic heterocycles. The number of nitrogens with zero attached hydrogens (tertiary/aromatic N) is 5. The van der Waals surface area contributed by atoms with Crippen LogP contribution in [0.4, 0.5) is 22.7 Å². The molecule has 2 aromatic carbocycles. The van der Waals surface area contributed by atoms with Crippen molar-refractivity contribution in [2.45, 2.75) is 0 Å². The number of phenols is 1. The largest absolute Gasteiger partial charge is 0.497 e. The second kappa shape index (κ2) is 9.46. The van der Waals surface area contributed by atoms with Crippen molar-refractivity contribution < 1.29 is 24.8 Å². The van der Waals surface area contributed by atoms with E-state index in [1.165, 1.54) is 6.07 Å². The molecule has 158 valence electrons. The monoisotopic (exact) mass is 429 g/mol. The number of benzene rings is 2. The van der Waals surface area contributed by atoms with Crippen molar-refractivity contribution in [2.24, 2.45) is 0 Å². The van der Waals surface area contributed by atoms with E-state index in [9.17, 15) is 40.5 Å². The van der Waals surface area contributed by atoms with Gasteiger partial charge in [-0.05, 0) is 12.1 Å². The molecule has 31 heavy (non-hydrogen) atoms. The molecular formula is C17H11N5O9. The Kier molecular flexibility index (Phi) is 6.80. The lowest BCUT2D eigenvalue weighted by Gasteiger charge is -2.01. The summed E-state index contributed by atoms with van der Waals surface area (Å²) in [4.78, 5) is 42.1. The van der Waals surface area contributed by atoms with E-state index in [0.29, 0.717) is 17.7 Å². The standard InChI is InChI=1S/C11H8N2O2.C6H3N3O7/c14-13(15)11-6-2-1-5-10(11)9-4-3-7-12-8-9;10-6-4(8(13)14)1-3(7(11)12)2-5(6)9(15)16/h1-8H;1-2,10H. The summed E-state index contributed by atoms with van der Waals surface area (Å²) in [6.45, 7) is 0. The van der Waals surface area contributed by atoms with E-state index >= 15 is 0 Å². The van der Waals surface area contributed by atoms with Crippen LogP contribution in [0.5, 0.6) is 5.75 Å². The SMILES string of the molecule is O=[N+]([O-])c1cc([N+](=O)[O-])c(O)c([N+](=O)[O-])c1.O=[N+]([O-])c1ccccc1-c1cccnc1. The topological polar surface area (TPSA) is 206 Å². The van der Waals surface area contributed by atoms with Crippen molar-refractivity contribution in [1.29, 1.82) is 0 Å². The summed E-state index contributed by atoms with van der Waals surface area (Å²) in [5.74, 6) is -1.21. The van der Waals surface area contributed by atoms with E-state index in [0.717, 1.165) is 5.56 Å². The molecule has 0 unspecified atom stereocenters. The van der Waals surface area contributed by atoms with Crippen LogP contribution in [0.3, 0.4) is 0 Å². The number of hydrogen-bond acceptors (Lipinski definition) is 10. The van der Waals surface area contributed by atoms with E-state index in [1.54, 1.807) is 42.7 Å². The Balaban J connectivity index is 0.000000220. The maximum absolute atomic E-state index is 10.8. The van der Waals surface area contributed by atoms with E-state index < -0.39 is 37.6 Å². The lowest BCUT2D eigenvalue weighted by atomic mass is 10.1. The summed E-state index contributed by atoms with van der Waals surface area (Å²) in [7, 11) is 0. The average Bonchev–Trinajstić information content (AvgIpc) is 2.74. The average molecular weight is 429 g/mol. The smallest absolute Gasteiger partial charge is 0.324 e. The molecule has 0 radical (unpaired) electrons. The minimum Gasteiger partial charge on any atom is -0.497 e. The first kappa shape index (κ1) is 22.3. The summed E-state index contributed by atoms with van der Waals surface area (Å²) in [6, 6.07) is 11.1. The summed E-state index contributed by atoms with van der Waals surface area (Å²) in [5, 5.41) is 51.0. The van der Waals surface area contributed by atoms with Gasteiger partial charge >= 0.3 is 11.4 Å². The van der Waals surface area contributed by atoms with Crippen molar-refractivity contribution in [3.05, 3.63) is 101 Å². The van der Waals surface area contributed by atoms with Gasteiger partial charge in [-0.3, -0.25) is 45.4 Å². The molecule has 1 heterocycles. The zero-order chi connectivity index (χ0) is 23.1. The van der Waals surface area contributed by atoms with Gasteiger partial charge in [-0.2, -0.15) is 0 Å². The molecule has 1 aromatic heterocycles. The van der Waals surface area contributed by atoms with Gasteiger partial charge in [0.05, 0.1) is 37.4 Å². The van der Waals surface area contributed by atoms with Crippen molar-refractivity contribution in [2.75, 3.05) is 0 Å². The fourth-order valence-electron chi connectivity index (χ4n) is 2.37. The predicted molar refractivity (Wildman–Crippen MR) is 104 cm³/mol. The van der Waals surface area contributed by atoms with Gasteiger partial charge in [0, 0.05) is 24.0 Å². The van der Waals surface area contributed by atoms with Gasteiger partial charge < -0.3 is 5.11 Å². The Morgan fingerprint density at radius 1 is 0.710 bits per heavy atom. The van der Waals surface area contributed by atoms with E-state index in [-0.39, 0.29) is 10.6 Å². The second-order valence-corrected chi connectivity index (χ2v) is 5.62. The Bertz CT molecular complexity index is 1130. The lowest BCUT2D eigenvalue weighted by Crippen LogP contribution is -1.97. The highest BCUT2D eigenvalue weighted by Gasteiger charge is 2.30. The number of aromatic nitrogens is 1.